The molecule has 0 amide bonds. The van der Waals surface area contributed by atoms with Crippen LogP contribution in [0.25, 0.3) is 0 Å². The maximum Gasteiger partial charge on any atom is 0.252 e. The second-order valence-corrected chi connectivity index (χ2v) is 10.2. The number of pyridine rings is 1. The zero-order valence-corrected chi connectivity index (χ0v) is 23.7. The van der Waals surface area contributed by atoms with Crippen molar-refractivity contribution in [2.45, 2.75) is 66.0 Å². The Morgan fingerprint density at radius 1 is 1.11 bits per heavy atom. The van der Waals surface area contributed by atoms with Gasteiger partial charge in [0.1, 0.15) is 6.29 Å². The number of H-pyrrole nitrogens is 1. The van der Waals surface area contributed by atoms with Crippen LogP contribution in [0, 0.1) is 38.5 Å². The molecule has 0 bridgehead atoms. The first-order chi connectivity index (χ1) is 18.4. The van der Waals surface area contributed by atoms with E-state index in [1.807, 2.05) is 40.0 Å². The number of hydrogen-bond acceptors (Lipinski definition) is 6. The number of piperidine rings is 1. The van der Waals surface area contributed by atoms with Crippen molar-refractivity contribution in [2.24, 2.45) is 5.92 Å². The van der Waals surface area contributed by atoms with Crippen molar-refractivity contribution in [3.8, 4) is 11.8 Å². The Labute approximate surface area is 227 Å². The van der Waals surface area contributed by atoms with Crippen LogP contribution in [-0.2, 0) is 11.3 Å². The van der Waals surface area contributed by atoms with Gasteiger partial charge in [0.05, 0.1) is 0 Å². The molecule has 3 N–H and O–H groups in total. The molecule has 3 heterocycles. The number of anilines is 1. The second kappa shape index (κ2) is 14.9. The van der Waals surface area contributed by atoms with E-state index in [1.165, 1.54) is 0 Å². The van der Waals surface area contributed by atoms with Crippen LogP contribution in [0.15, 0.2) is 23.0 Å². The molecule has 0 saturated carbocycles. The van der Waals surface area contributed by atoms with Crippen LogP contribution in [0.1, 0.15) is 70.9 Å². The summed E-state index contributed by atoms with van der Waals surface area (Å²) in [4.78, 5) is 28.2. The number of aryl methyl sites for hydroxylation is 2. The van der Waals surface area contributed by atoms with Gasteiger partial charge in [0, 0.05) is 66.3 Å². The van der Waals surface area contributed by atoms with Crippen molar-refractivity contribution in [2.75, 3.05) is 44.8 Å². The monoisotopic (exact) mass is 520 g/mol. The number of nitrogens with one attached hydrogen (secondary N) is 3. The number of aromatic nitrogens is 1. The third-order valence-electron chi connectivity index (χ3n) is 7.44. The molecule has 0 radical (unpaired) electrons. The molecule has 7 heteroatoms. The van der Waals surface area contributed by atoms with Crippen LogP contribution < -0.4 is 21.1 Å². The Morgan fingerprint density at radius 2 is 1.82 bits per heavy atom. The number of benzene rings is 1. The number of aromatic amines is 1. The molecule has 2 aliphatic rings. The van der Waals surface area contributed by atoms with Crippen LogP contribution in [-0.4, -0.2) is 57.2 Å². The Hall–Kier alpha value is -2.92. The fourth-order valence-corrected chi connectivity index (χ4v) is 5.27. The minimum absolute atomic E-state index is 0.0156. The number of carbonyl (C=O) groups excluding carboxylic acids is 1. The quantitative estimate of drug-likeness (QED) is 0.396. The van der Waals surface area contributed by atoms with Crippen molar-refractivity contribution < 1.29 is 9.53 Å². The summed E-state index contributed by atoms with van der Waals surface area (Å²) in [6.45, 7) is 13.3. The van der Waals surface area contributed by atoms with E-state index < -0.39 is 0 Å². The lowest BCUT2D eigenvalue weighted by Crippen LogP contribution is -2.40. The molecule has 2 aliphatic heterocycles. The largest absolute Gasteiger partial charge is 0.381 e. The summed E-state index contributed by atoms with van der Waals surface area (Å²) in [6.07, 6.45) is 5.25. The summed E-state index contributed by atoms with van der Waals surface area (Å²) in [7, 11) is 1.83. The van der Waals surface area contributed by atoms with Gasteiger partial charge in [-0.15, -0.1) is 0 Å². The standard InChI is InChI=1S/C22H30N2O2.C9H14N2O/c1-3-24(21-8-12-26-13-9-21)22-15-19(14-20(16-25)17(22)2)5-4-18-6-10-23-11-7-18;1-6-4-7(2)11-9(12)8(6)5-10-3/h14-16,18,21,23H,3,6-13H2,1-2H3;4,10H,5H2,1-3H3,(H,11,12). The van der Waals surface area contributed by atoms with Gasteiger partial charge in [0.2, 0.25) is 0 Å². The normalized spacial score (nSPS) is 16.1. The first-order valence-electron chi connectivity index (χ1n) is 13.9. The predicted octanol–water partition coefficient (Wildman–Crippen LogP) is 3.88. The van der Waals surface area contributed by atoms with E-state index >= 15 is 0 Å². The second-order valence-electron chi connectivity index (χ2n) is 10.2. The third kappa shape index (κ3) is 8.04. The first-order valence-corrected chi connectivity index (χ1v) is 13.9. The van der Waals surface area contributed by atoms with Crippen molar-refractivity contribution in [3.05, 3.63) is 62.1 Å². The van der Waals surface area contributed by atoms with Crippen LogP contribution in [0.3, 0.4) is 0 Å². The van der Waals surface area contributed by atoms with Crippen LogP contribution in [0.5, 0.6) is 0 Å². The molecule has 4 rings (SSSR count). The molecule has 1 aromatic heterocycles. The van der Waals surface area contributed by atoms with Crippen molar-refractivity contribution in [1.29, 1.82) is 0 Å². The molecule has 206 valence electrons. The molecule has 0 aliphatic carbocycles. The van der Waals surface area contributed by atoms with Crippen molar-refractivity contribution >= 4 is 12.0 Å². The van der Waals surface area contributed by atoms with E-state index in [4.69, 9.17) is 4.74 Å². The lowest BCUT2D eigenvalue weighted by Gasteiger charge is -2.36. The van der Waals surface area contributed by atoms with E-state index in [0.29, 0.717) is 18.5 Å². The van der Waals surface area contributed by atoms with Crippen molar-refractivity contribution in [1.82, 2.24) is 15.6 Å². The van der Waals surface area contributed by atoms with E-state index in [-0.39, 0.29) is 5.56 Å². The lowest BCUT2D eigenvalue weighted by atomic mass is 9.97. The minimum Gasteiger partial charge on any atom is -0.381 e. The highest BCUT2D eigenvalue weighted by atomic mass is 16.5. The Morgan fingerprint density at radius 3 is 2.42 bits per heavy atom. The molecule has 0 atom stereocenters. The molecule has 38 heavy (non-hydrogen) atoms. The van der Waals surface area contributed by atoms with Crippen LogP contribution in [0.4, 0.5) is 5.69 Å². The van der Waals surface area contributed by atoms with E-state index in [1.54, 1.807) is 0 Å². The summed E-state index contributed by atoms with van der Waals surface area (Å²) in [6, 6.07) is 6.57. The lowest BCUT2D eigenvalue weighted by molar-refractivity contribution is 0.0846. The topological polar surface area (TPSA) is 86.5 Å². The van der Waals surface area contributed by atoms with Gasteiger partial charge in [-0.2, -0.15) is 0 Å². The van der Waals surface area contributed by atoms with Gasteiger partial charge in [-0.05, 0) is 103 Å². The van der Waals surface area contributed by atoms with Gasteiger partial charge in [-0.1, -0.05) is 11.8 Å². The Bertz CT molecular complexity index is 1180. The maximum atomic E-state index is 11.6. The summed E-state index contributed by atoms with van der Waals surface area (Å²) in [5.41, 5.74) is 6.71. The molecular weight excluding hydrogens is 476 g/mol. The maximum absolute atomic E-state index is 11.6. The van der Waals surface area contributed by atoms with Gasteiger partial charge in [-0.3, -0.25) is 9.59 Å². The highest BCUT2D eigenvalue weighted by Gasteiger charge is 2.23. The summed E-state index contributed by atoms with van der Waals surface area (Å²) in [5, 5.41) is 6.34. The predicted molar refractivity (Wildman–Crippen MR) is 155 cm³/mol. The van der Waals surface area contributed by atoms with Crippen molar-refractivity contribution in [3.63, 3.8) is 0 Å². The molecular formula is C31H44N4O3. The smallest absolute Gasteiger partial charge is 0.252 e. The average Bonchev–Trinajstić information content (AvgIpc) is 2.93. The fourth-order valence-electron chi connectivity index (χ4n) is 5.27. The summed E-state index contributed by atoms with van der Waals surface area (Å²) >= 11 is 0. The molecule has 0 unspecified atom stereocenters. The van der Waals surface area contributed by atoms with Gasteiger partial charge in [0.15, 0.2) is 0 Å². The molecule has 0 spiro atoms. The van der Waals surface area contributed by atoms with Gasteiger partial charge in [0.25, 0.3) is 5.56 Å². The number of rotatable bonds is 6. The fraction of sp³-hybridized carbons (Fsp3) is 0.548. The third-order valence-corrected chi connectivity index (χ3v) is 7.44. The van der Waals surface area contributed by atoms with E-state index in [0.717, 1.165) is 104 Å². The molecule has 2 fully saturated rings. The van der Waals surface area contributed by atoms with Gasteiger partial charge < -0.3 is 25.3 Å². The number of carbonyl (C=O) groups is 1. The number of aldehydes is 1. The number of ether oxygens (including phenoxy) is 1. The Kier molecular flexibility index (Phi) is 11.6. The van der Waals surface area contributed by atoms with E-state index in [9.17, 15) is 9.59 Å². The summed E-state index contributed by atoms with van der Waals surface area (Å²) in [5.74, 6) is 7.24. The van der Waals surface area contributed by atoms with E-state index in [2.05, 4.69) is 45.3 Å². The summed E-state index contributed by atoms with van der Waals surface area (Å²) < 4.78 is 5.52. The van der Waals surface area contributed by atoms with Gasteiger partial charge >= 0.3 is 0 Å². The first kappa shape index (κ1) is 29.6. The number of hydrogen-bond donors (Lipinski definition) is 3. The SMILES string of the molecule is CCN(c1cc(C#CC2CCNCC2)cc(C=O)c1C)C1CCOCC1.CNCc1c(C)cc(C)[nH]c1=O. The average molecular weight is 521 g/mol. The molecule has 7 nitrogen and oxygen atoms in total. The Balaban J connectivity index is 0.000000279. The zero-order valence-electron chi connectivity index (χ0n) is 23.7. The molecule has 1 aromatic carbocycles. The molecule has 2 aromatic rings. The number of nitrogens with zero attached hydrogens (tertiary/aromatic N) is 1. The van der Waals surface area contributed by atoms with Crippen LogP contribution >= 0.6 is 0 Å². The minimum atomic E-state index is 0.0156. The van der Waals surface area contributed by atoms with Crippen LogP contribution in [0.2, 0.25) is 0 Å². The highest BCUT2D eigenvalue weighted by molar-refractivity contribution is 5.82. The zero-order chi connectivity index (χ0) is 27.5. The highest BCUT2D eigenvalue weighted by Crippen LogP contribution is 2.29. The van der Waals surface area contributed by atoms with Gasteiger partial charge in [-0.25, -0.2) is 0 Å². The molecule has 2 saturated heterocycles.